The Bertz CT molecular complexity index is 560. The second-order valence-electron chi connectivity index (χ2n) is 5.00. The van der Waals surface area contributed by atoms with E-state index in [9.17, 15) is 8.78 Å². The maximum Gasteiger partial charge on any atom is 0.263 e. The Labute approximate surface area is 123 Å². The van der Waals surface area contributed by atoms with Gasteiger partial charge in [-0.2, -0.15) is 0 Å². The summed E-state index contributed by atoms with van der Waals surface area (Å²) >= 11 is 0. The Morgan fingerprint density at radius 2 is 1.95 bits per heavy atom. The normalized spacial score (nSPS) is 12.9. The highest BCUT2D eigenvalue weighted by molar-refractivity contribution is 5.27. The summed E-state index contributed by atoms with van der Waals surface area (Å²) in [5.74, 6) is 0. The van der Waals surface area contributed by atoms with Gasteiger partial charge in [0.1, 0.15) is 0 Å². The van der Waals surface area contributed by atoms with Crippen molar-refractivity contribution >= 4 is 0 Å². The molecule has 0 aliphatic carbocycles. The Hall–Kier alpha value is -1.85. The summed E-state index contributed by atoms with van der Waals surface area (Å²) in [6, 6.07) is 10.2. The van der Waals surface area contributed by atoms with E-state index >= 15 is 0 Å². The molecule has 0 amide bonds. The summed E-state index contributed by atoms with van der Waals surface area (Å²) in [4.78, 5) is 6.12. The van der Waals surface area contributed by atoms with Crippen LogP contribution in [0.3, 0.4) is 0 Å². The summed E-state index contributed by atoms with van der Waals surface area (Å²) in [5.41, 5.74) is 7.74. The smallest absolute Gasteiger partial charge is 0.263 e. The minimum absolute atomic E-state index is 0.0285. The van der Waals surface area contributed by atoms with Gasteiger partial charge in [0.25, 0.3) is 6.43 Å². The van der Waals surface area contributed by atoms with E-state index in [2.05, 4.69) is 4.98 Å². The van der Waals surface area contributed by atoms with Crippen LogP contribution in [0.15, 0.2) is 48.8 Å². The maximum absolute atomic E-state index is 12.8. The molecule has 0 aliphatic rings. The molecular weight excluding hydrogens is 272 g/mol. The summed E-state index contributed by atoms with van der Waals surface area (Å²) in [6.07, 6.45) is 1.04. The van der Waals surface area contributed by atoms with Crippen LogP contribution in [0.25, 0.3) is 0 Å². The lowest BCUT2D eigenvalue weighted by Gasteiger charge is -2.27. The maximum atomic E-state index is 12.8. The average Bonchev–Trinajstić information content (AvgIpc) is 2.49. The molecule has 0 bridgehead atoms. The molecule has 2 aromatic rings. The van der Waals surface area contributed by atoms with Crippen LogP contribution in [0.5, 0.6) is 0 Å². The lowest BCUT2D eigenvalue weighted by molar-refractivity contribution is 0.151. The first-order valence-electron chi connectivity index (χ1n) is 6.79. The molecule has 0 spiro atoms. The third-order valence-corrected chi connectivity index (χ3v) is 3.46. The number of pyridine rings is 1. The van der Waals surface area contributed by atoms with Gasteiger partial charge in [0.15, 0.2) is 0 Å². The summed E-state index contributed by atoms with van der Waals surface area (Å²) in [6.45, 7) is 1.03. The van der Waals surface area contributed by atoms with Gasteiger partial charge in [-0.3, -0.25) is 9.88 Å². The minimum Gasteiger partial charge on any atom is -0.329 e. The molecule has 0 saturated carbocycles. The molecule has 0 fully saturated rings. The highest BCUT2D eigenvalue weighted by Crippen LogP contribution is 2.25. The Kier molecular flexibility index (Phi) is 5.36. The molecule has 3 nitrogen and oxygen atoms in total. The highest BCUT2D eigenvalue weighted by atomic mass is 19.3. The number of alkyl halides is 2. The van der Waals surface area contributed by atoms with Crippen LogP contribution < -0.4 is 5.73 Å². The minimum atomic E-state index is -2.47. The Balaban J connectivity index is 2.17. The zero-order chi connectivity index (χ0) is 15.2. The van der Waals surface area contributed by atoms with Gasteiger partial charge in [0, 0.05) is 37.1 Å². The van der Waals surface area contributed by atoms with Crippen molar-refractivity contribution in [2.45, 2.75) is 19.0 Å². The number of benzene rings is 1. The summed E-state index contributed by atoms with van der Waals surface area (Å²) in [5, 5.41) is 0. The highest BCUT2D eigenvalue weighted by Gasteiger charge is 2.17. The van der Waals surface area contributed by atoms with Crippen LogP contribution in [0.4, 0.5) is 8.78 Å². The van der Waals surface area contributed by atoms with Crippen LogP contribution in [-0.4, -0.2) is 23.5 Å². The van der Waals surface area contributed by atoms with Crippen LogP contribution in [-0.2, 0) is 6.54 Å². The number of likely N-dealkylation sites (N-methyl/N-ethyl adjacent to an activating group) is 1. The molecule has 0 aliphatic heterocycles. The lowest BCUT2D eigenvalue weighted by atomic mass is 10.0. The topological polar surface area (TPSA) is 42.2 Å². The first kappa shape index (κ1) is 15.5. The van der Waals surface area contributed by atoms with Crippen molar-refractivity contribution < 1.29 is 8.78 Å². The van der Waals surface area contributed by atoms with E-state index in [4.69, 9.17) is 5.73 Å². The third-order valence-electron chi connectivity index (χ3n) is 3.46. The SMILES string of the molecule is CN(Cc1cccnc1)C(CN)c1cccc(C(F)F)c1. The van der Waals surface area contributed by atoms with E-state index in [1.807, 2.05) is 30.1 Å². The second kappa shape index (κ2) is 7.24. The van der Waals surface area contributed by atoms with E-state index in [0.717, 1.165) is 11.1 Å². The van der Waals surface area contributed by atoms with Crippen molar-refractivity contribution in [3.63, 3.8) is 0 Å². The van der Waals surface area contributed by atoms with E-state index in [1.165, 1.54) is 12.1 Å². The number of nitrogens with two attached hydrogens (primary N) is 1. The van der Waals surface area contributed by atoms with Crippen LogP contribution >= 0.6 is 0 Å². The van der Waals surface area contributed by atoms with Gasteiger partial charge < -0.3 is 5.73 Å². The van der Waals surface area contributed by atoms with Gasteiger partial charge in [-0.15, -0.1) is 0 Å². The number of hydrogen-bond donors (Lipinski definition) is 1. The quantitative estimate of drug-likeness (QED) is 0.889. The van der Waals surface area contributed by atoms with Gasteiger partial charge >= 0.3 is 0 Å². The standard InChI is InChI=1S/C16H19F2N3/c1-21(11-12-4-3-7-20-10-12)15(9-19)13-5-2-6-14(8-13)16(17)18/h2-8,10,15-16H,9,11,19H2,1H3. The number of hydrogen-bond acceptors (Lipinski definition) is 3. The molecule has 0 radical (unpaired) electrons. The van der Waals surface area contributed by atoms with Crippen molar-refractivity contribution in [1.29, 1.82) is 0 Å². The zero-order valence-electron chi connectivity index (χ0n) is 11.9. The fourth-order valence-corrected chi connectivity index (χ4v) is 2.36. The number of nitrogens with zero attached hydrogens (tertiary/aromatic N) is 2. The largest absolute Gasteiger partial charge is 0.329 e. The molecule has 2 rings (SSSR count). The van der Waals surface area contributed by atoms with Gasteiger partial charge in [0.2, 0.25) is 0 Å². The fourth-order valence-electron chi connectivity index (χ4n) is 2.36. The monoisotopic (exact) mass is 291 g/mol. The molecule has 112 valence electrons. The zero-order valence-corrected chi connectivity index (χ0v) is 11.9. The Morgan fingerprint density at radius 1 is 1.19 bits per heavy atom. The molecule has 1 heterocycles. The molecule has 0 saturated heterocycles. The van der Waals surface area contributed by atoms with Crippen LogP contribution in [0.2, 0.25) is 0 Å². The molecule has 1 aromatic carbocycles. The van der Waals surface area contributed by atoms with Crippen LogP contribution in [0, 0.1) is 0 Å². The first-order valence-corrected chi connectivity index (χ1v) is 6.79. The molecule has 5 heteroatoms. The van der Waals surface area contributed by atoms with Gasteiger partial charge in [-0.25, -0.2) is 8.78 Å². The van der Waals surface area contributed by atoms with E-state index in [1.54, 1.807) is 18.5 Å². The predicted molar refractivity (Wildman–Crippen MR) is 78.9 cm³/mol. The number of aromatic nitrogens is 1. The van der Waals surface area contributed by atoms with Crippen molar-refractivity contribution in [3.8, 4) is 0 Å². The summed E-state index contributed by atoms with van der Waals surface area (Å²) < 4.78 is 25.6. The van der Waals surface area contributed by atoms with E-state index < -0.39 is 6.43 Å². The van der Waals surface area contributed by atoms with E-state index in [-0.39, 0.29) is 11.6 Å². The van der Waals surface area contributed by atoms with Gasteiger partial charge in [-0.1, -0.05) is 24.3 Å². The lowest BCUT2D eigenvalue weighted by Crippen LogP contribution is -2.30. The molecule has 1 unspecified atom stereocenters. The summed E-state index contributed by atoms with van der Waals surface area (Å²) in [7, 11) is 1.93. The van der Waals surface area contributed by atoms with Gasteiger partial charge in [0.05, 0.1) is 0 Å². The van der Waals surface area contributed by atoms with Crippen molar-refractivity contribution in [2.75, 3.05) is 13.6 Å². The fraction of sp³-hybridized carbons (Fsp3) is 0.312. The molecular formula is C16H19F2N3. The first-order chi connectivity index (χ1) is 10.1. The predicted octanol–water partition coefficient (Wildman–Crippen LogP) is 3.15. The van der Waals surface area contributed by atoms with Crippen molar-refractivity contribution in [1.82, 2.24) is 9.88 Å². The van der Waals surface area contributed by atoms with Crippen molar-refractivity contribution in [2.24, 2.45) is 5.73 Å². The van der Waals surface area contributed by atoms with Crippen molar-refractivity contribution in [3.05, 3.63) is 65.5 Å². The van der Waals surface area contributed by atoms with Crippen LogP contribution in [0.1, 0.15) is 29.2 Å². The molecule has 21 heavy (non-hydrogen) atoms. The molecule has 2 N–H and O–H groups in total. The Morgan fingerprint density at radius 3 is 2.57 bits per heavy atom. The van der Waals surface area contributed by atoms with Gasteiger partial charge in [-0.05, 0) is 30.3 Å². The second-order valence-corrected chi connectivity index (χ2v) is 5.00. The molecule has 1 atom stereocenters. The number of rotatable bonds is 6. The van der Waals surface area contributed by atoms with E-state index in [0.29, 0.717) is 13.1 Å². The average molecular weight is 291 g/mol. The molecule has 1 aromatic heterocycles. The number of halogens is 2. The third kappa shape index (κ3) is 4.06.